The molecule has 0 unspecified atom stereocenters. The van der Waals surface area contributed by atoms with Gasteiger partial charge in [0.1, 0.15) is 0 Å². The lowest BCUT2D eigenvalue weighted by Gasteiger charge is -2.00. The summed E-state index contributed by atoms with van der Waals surface area (Å²) >= 11 is 3.33. The van der Waals surface area contributed by atoms with Crippen molar-refractivity contribution in [2.45, 2.75) is 0 Å². The highest BCUT2D eigenvalue weighted by atomic mass is 79.9. The van der Waals surface area contributed by atoms with Gasteiger partial charge in [0.15, 0.2) is 5.65 Å². The lowest BCUT2D eigenvalue weighted by atomic mass is 10.5. The van der Waals surface area contributed by atoms with Gasteiger partial charge in [0.2, 0.25) is 0 Å². The number of nitrogens with one attached hydrogen (secondary N) is 3. The number of amides is 2. The zero-order valence-corrected chi connectivity index (χ0v) is 11.0. The molecule has 0 aliphatic carbocycles. The summed E-state index contributed by atoms with van der Waals surface area (Å²) in [6.45, 7) is 0. The molecule has 3 heterocycles. The highest BCUT2D eigenvalue weighted by Gasteiger charge is 2.08. The summed E-state index contributed by atoms with van der Waals surface area (Å²) in [5, 5.41) is 15.6. The van der Waals surface area contributed by atoms with Crippen molar-refractivity contribution in [2.75, 3.05) is 10.6 Å². The molecule has 0 saturated carbocycles. The summed E-state index contributed by atoms with van der Waals surface area (Å²) in [5.74, 6) is 0.221. The molecule has 0 aromatic carbocycles. The molecule has 9 heteroatoms. The normalized spacial score (nSPS) is 10.6. The van der Waals surface area contributed by atoms with Gasteiger partial charge in [-0.25, -0.2) is 9.31 Å². The number of hydrogen-bond donors (Lipinski definition) is 3. The number of carbonyl (C=O) groups excluding carboxylic acids is 1. The molecule has 3 aromatic rings. The lowest BCUT2D eigenvalue weighted by molar-refractivity contribution is 0.262. The first-order chi connectivity index (χ1) is 9.20. The molecule has 0 saturated heterocycles. The number of aromatic amines is 1. The Hall–Kier alpha value is -2.42. The number of carbonyl (C=O) groups is 1. The molecular formula is C10H8BrN7O. The molecule has 0 aliphatic rings. The van der Waals surface area contributed by atoms with E-state index in [2.05, 4.69) is 46.8 Å². The summed E-state index contributed by atoms with van der Waals surface area (Å²) < 4.78 is 2.44. The van der Waals surface area contributed by atoms with Crippen molar-refractivity contribution in [1.29, 1.82) is 0 Å². The zero-order chi connectivity index (χ0) is 13.2. The van der Waals surface area contributed by atoms with Gasteiger partial charge in [0.25, 0.3) is 5.95 Å². The van der Waals surface area contributed by atoms with Crippen LogP contribution in [-0.2, 0) is 0 Å². The predicted molar refractivity (Wildman–Crippen MR) is 71.9 cm³/mol. The topological polar surface area (TPSA) is 100 Å². The van der Waals surface area contributed by atoms with Crippen LogP contribution in [0.25, 0.3) is 5.65 Å². The summed E-state index contributed by atoms with van der Waals surface area (Å²) in [7, 11) is 0. The van der Waals surface area contributed by atoms with Crippen LogP contribution in [0, 0.1) is 0 Å². The van der Waals surface area contributed by atoms with E-state index in [0.717, 1.165) is 4.47 Å². The minimum absolute atomic E-state index is 0.221. The van der Waals surface area contributed by atoms with Crippen LogP contribution in [-0.4, -0.2) is 30.8 Å². The second-order valence-corrected chi connectivity index (χ2v) is 4.57. The molecule has 2 amide bonds. The number of fused-ring (bicyclic) bond motifs is 1. The Morgan fingerprint density at radius 3 is 3.05 bits per heavy atom. The van der Waals surface area contributed by atoms with Gasteiger partial charge in [-0.3, -0.25) is 10.4 Å². The monoisotopic (exact) mass is 321 g/mol. The Morgan fingerprint density at radius 2 is 2.26 bits per heavy atom. The standard InChI is InChI=1S/C10H8BrN7O/c11-6-1-2-8-15-9(17-18(8)5-6)16-10(19)14-7-3-12-13-4-7/h1-5H,(H,12,13)(H2,14,16,17,19). The number of hydrogen-bond acceptors (Lipinski definition) is 4. The molecule has 3 aromatic heterocycles. The molecule has 0 bridgehead atoms. The second kappa shape index (κ2) is 4.69. The maximum absolute atomic E-state index is 11.7. The van der Waals surface area contributed by atoms with Gasteiger partial charge in [-0.2, -0.15) is 10.1 Å². The summed E-state index contributed by atoms with van der Waals surface area (Å²) in [5.41, 5.74) is 1.20. The van der Waals surface area contributed by atoms with Gasteiger partial charge < -0.3 is 5.32 Å². The Bertz CT molecular complexity index is 721. The number of nitrogens with zero attached hydrogens (tertiary/aromatic N) is 4. The van der Waals surface area contributed by atoms with Crippen molar-refractivity contribution in [1.82, 2.24) is 24.8 Å². The predicted octanol–water partition coefficient (Wildman–Crippen LogP) is 1.86. The van der Waals surface area contributed by atoms with Gasteiger partial charge in [-0.1, -0.05) is 0 Å². The largest absolute Gasteiger partial charge is 0.326 e. The molecule has 3 N–H and O–H groups in total. The third kappa shape index (κ3) is 2.55. The van der Waals surface area contributed by atoms with Crippen molar-refractivity contribution in [3.8, 4) is 0 Å². The van der Waals surface area contributed by atoms with E-state index >= 15 is 0 Å². The van der Waals surface area contributed by atoms with E-state index in [0.29, 0.717) is 11.3 Å². The van der Waals surface area contributed by atoms with Gasteiger partial charge in [0, 0.05) is 16.9 Å². The van der Waals surface area contributed by atoms with E-state index < -0.39 is 6.03 Å². The number of anilines is 2. The minimum atomic E-state index is -0.434. The smallest absolute Gasteiger partial charge is 0.305 e. The highest BCUT2D eigenvalue weighted by Crippen LogP contribution is 2.12. The molecule has 0 fully saturated rings. The Labute approximate surface area is 115 Å². The van der Waals surface area contributed by atoms with Crippen LogP contribution in [0.5, 0.6) is 0 Å². The van der Waals surface area contributed by atoms with Gasteiger partial charge >= 0.3 is 6.03 Å². The average Bonchev–Trinajstić information content (AvgIpc) is 2.97. The summed E-state index contributed by atoms with van der Waals surface area (Å²) in [6.07, 6.45) is 4.81. The average molecular weight is 322 g/mol. The van der Waals surface area contributed by atoms with Crippen LogP contribution in [0.1, 0.15) is 0 Å². The van der Waals surface area contributed by atoms with Crippen LogP contribution in [0.15, 0.2) is 35.2 Å². The maximum Gasteiger partial charge on any atom is 0.326 e. The fourth-order valence-electron chi connectivity index (χ4n) is 1.49. The third-order valence-electron chi connectivity index (χ3n) is 2.28. The number of aromatic nitrogens is 5. The van der Waals surface area contributed by atoms with Crippen molar-refractivity contribution in [2.24, 2.45) is 0 Å². The molecule has 0 radical (unpaired) electrons. The first kappa shape index (κ1) is 11.7. The van der Waals surface area contributed by atoms with Gasteiger partial charge in [-0.15, -0.1) is 5.10 Å². The fourth-order valence-corrected chi connectivity index (χ4v) is 1.82. The van der Waals surface area contributed by atoms with Crippen LogP contribution in [0.3, 0.4) is 0 Å². The zero-order valence-electron chi connectivity index (χ0n) is 9.46. The van der Waals surface area contributed by atoms with E-state index in [1.165, 1.54) is 6.20 Å². The van der Waals surface area contributed by atoms with E-state index in [4.69, 9.17) is 0 Å². The number of urea groups is 1. The van der Waals surface area contributed by atoms with E-state index in [-0.39, 0.29) is 5.95 Å². The third-order valence-corrected chi connectivity index (χ3v) is 2.75. The second-order valence-electron chi connectivity index (χ2n) is 3.65. The number of halogens is 1. The molecule has 0 atom stereocenters. The Morgan fingerprint density at radius 1 is 1.37 bits per heavy atom. The van der Waals surface area contributed by atoms with Crippen molar-refractivity contribution >= 4 is 39.2 Å². The van der Waals surface area contributed by atoms with Gasteiger partial charge in [0.05, 0.1) is 11.9 Å². The quantitative estimate of drug-likeness (QED) is 0.670. The molecule has 8 nitrogen and oxygen atoms in total. The summed E-state index contributed by atoms with van der Waals surface area (Å²) in [6, 6.07) is 3.20. The molecule has 0 aliphatic heterocycles. The van der Waals surface area contributed by atoms with E-state index in [9.17, 15) is 4.79 Å². The highest BCUT2D eigenvalue weighted by molar-refractivity contribution is 9.10. The first-order valence-electron chi connectivity index (χ1n) is 5.29. The Balaban J connectivity index is 1.76. The van der Waals surface area contributed by atoms with Crippen LogP contribution >= 0.6 is 15.9 Å². The number of H-pyrrole nitrogens is 1. The van der Waals surface area contributed by atoms with Crippen molar-refractivity contribution in [3.63, 3.8) is 0 Å². The van der Waals surface area contributed by atoms with E-state index in [1.807, 2.05) is 6.07 Å². The van der Waals surface area contributed by atoms with Crippen LogP contribution in [0.2, 0.25) is 0 Å². The molecular weight excluding hydrogens is 314 g/mol. The molecule has 3 rings (SSSR count). The van der Waals surface area contributed by atoms with Crippen LogP contribution in [0.4, 0.5) is 16.4 Å². The fraction of sp³-hybridized carbons (Fsp3) is 0. The lowest BCUT2D eigenvalue weighted by Crippen LogP contribution is -2.19. The minimum Gasteiger partial charge on any atom is -0.305 e. The van der Waals surface area contributed by atoms with Crippen LogP contribution < -0.4 is 10.6 Å². The first-order valence-corrected chi connectivity index (χ1v) is 6.09. The molecule has 96 valence electrons. The Kier molecular flexibility index (Phi) is 2.88. The molecule has 0 spiro atoms. The van der Waals surface area contributed by atoms with Gasteiger partial charge in [-0.05, 0) is 28.1 Å². The van der Waals surface area contributed by atoms with Crippen molar-refractivity contribution < 1.29 is 4.79 Å². The van der Waals surface area contributed by atoms with Crippen molar-refractivity contribution in [3.05, 3.63) is 35.2 Å². The maximum atomic E-state index is 11.7. The number of pyridine rings is 1. The molecule has 19 heavy (non-hydrogen) atoms. The SMILES string of the molecule is O=C(Nc1cn[nH]c1)Nc1nc2ccc(Br)cn2n1. The summed E-state index contributed by atoms with van der Waals surface area (Å²) in [4.78, 5) is 15.8. The van der Waals surface area contributed by atoms with E-state index in [1.54, 1.807) is 23.0 Å². The number of rotatable bonds is 2.